The van der Waals surface area contributed by atoms with Crippen molar-refractivity contribution in [2.75, 3.05) is 0 Å². The molecule has 1 atom stereocenters. The van der Waals surface area contributed by atoms with E-state index >= 15 is 0 Å². The van der Waals surface area contributed by atoms with Crippen molar-refractivity contribution in [1.29, 1.82) is 0 Å². The van der Waals surface area contributed by atoms with Crippen LogP contribution >= 0.6 is 0 Å². The monoisotopic (exact) mass is 266 g/mol. The fourth-order valence-electron chi connectivity index (χ4n) is 1.97. The molecule has 0 aliphatic heterocycles. The Morgan fingerprint density at radius 1 is 0.950 bits per heavy atom. The molecule has 0 saturated heterocycles. The first-order chi connectivity index (χ1) is 9.77. The zero-order valence-electron chi connectivity index (χ0n) is 11.3. The van der Waals surface area contributed by atoms with Gasteiger partial charge in [0.2, 0.25) is 0 Å². The van der Waals surface area contributed by atoms with Crippen LogP contribution < -0.4 is 0 Å². The number of rotatable bonds is 6. The van der Waals surface area contributed by atoms with E-state index in [1.807, 2.05) is 72.8 Å². The number of allylic oxidation sites excluding steroid dienone is 1. The van der Waals surface area contributed by atoms with Crippen molar-refractivity contribution in [2.24, 2.45) is 0 Å². The standard InChI is InChI=1S/C18H18O2/c19-17(15-9-3-1-4-10-15)13-7-8-14-18(20)16-11-5-2-6-12-16/h1-12,17,19H,13-14H2/b8-7+. The molecule has 0 aromatic heterocycles. The Morgan fingerprint density at radius 3 is 2.20 bits per heavy atom. The molecule has 0 aliphatic carbocycles. The number of benzene rings is 2. The first-order valence-electron chi connectivity index (χ1n) is 6.73. The highest BCUT2D eigenvalue weighted by atomic mass is 16.3. The molecule has 1 N–H and O–H groups in total. The molecule has 0 amide bonds. The Hall–Kier alpha value is -2.19. The Labute approximate surface area is 119 Å². The summed E-state index contributed by atoms with van der Waals surface area (Å²) in [4.78, 5) is 11.8. The molecule has 1 unspecified atom stereocenters. The summed E-state index contributed by atoms with van der Waals surface area (Å²) in [6.07, 6.45) is 4.05. The first kappa shape index (κ1) is 14.2. The van der Waals surface area contributed by atoms with Crippen molar-refractivity contribution < 1.29 is 9.90 Å². The van der Waals surface area contributed by atoms with Crippen LogP contribution in [0.15, 0.2) is 72.8 Å². The van der Waals surface area contributed by atoms with Gasteiger partial charge in [-0.2, -0.15) is 0 Å². The third-order valence-electron chi connectivity index (χ3n) is 3.11. The van der Waals surface area contributed by atoms with E-state index < -0.39 is 6.10 Å². The summed E-state index contributed by atoms with van der Waals surface area (Å²) in [5, 5.41) is 9.97. The van der Waals surface area contributed by atoms with Gasteiger partial charge in [0.15, 0.2) is 5.78 Å². The van der Waals surface area contributed by atoms with Gasteiger partial charge in [-0.15, -0.1) is 0 Å². The van der Waals surface area contributed by atoms with Gasteiger partial charge < -0.3 is 5.11 Å². The molecule has 2 aromatic carbocycles. The Kier molecular flexibility index (Phi) is 5.27. The average Bonchev–Trinajstić information content (AvgIpc) is 2.53. The number of carbonyl (C=O) groups is 1. The van der Waals surface area contributed by atoms with E-state index in [4.69, 9.17) is 0 Å². The minimum Gasteiger partial charge on any atom is -0.388 e. The topological polar surface area (TPSA) is 37.3 Å². The number of Topliss-reactive ketones (excluding diaryl/α,β-unsaturated/α-hetero) is 1. The van der Waals surface area contributed by atoms with Crippen LogP contribution in [-0.2, 0) is 0 Å². The normalized spacial score (nSPS) is 12.4. The van der Waals surface area contributed by atoms with Gasteiger partial charge in [0.25, 0.3) is 0 Å². The largest absolute Gasteiger partial charge is 0.388 e. The second-order valence-corrected chi connectivity index (χ2v) is 4.63. The van der Waals surface area contributed by atoms with Gasteiger partial charge in [-0.05, 0) is 12.0 Å². The lowest BCUT2D eigenvalue weighted by molar-refractivity contribution is 0.0995. The van der Waals surface area contributed by atoms with Crippen molar-refractivity contribution in [2.45, 2.75) is 18.9 Å². The molecule has 20 heavy (non-hydrogen) atoms. The summed E-state index contributed by atoms with van der Waals surface area (Å²) in [6.45, 7) is 0. The van der Waals surface area contributed by atoms with Crippen LogP contribution in [0.5, 0.6) is 0 Å². The molecule has 0 fully saturated rings. The summed E-state index contributed by atoms with van der Waals surface area (Å²) < 4.78 is 0. The van der Waals surface area contributed by atoms with Crippen LogP contribution in [0, 0.1) is 0 Å². The first-order valence-corrected chi connectivity index (χ1v) is 6.73. The molecule has 0 saturated carbocycles. The third kappa shape index (κ3) is 4.18. The maximum atomic E-state index is 11.8. The molecule has 0 aliphatic rings. The maximum absolute atomic E-state index is 11.8. The minimum atomic E-state index is -0.515. The molecule has 0 bridgehead atoms. The van der Waals surface area contributed by atoms with Crippen molar-refractivity contribution in [3.05, 3.63) is 83.9 Å². The van der Waals surface area contributed by atoms with Crippen molar-refractivity contribution >= 4 is 5.78 Å². The second kappa shape index (κ2) is 7.41. The van der Waals surface area contributed by atoms with Crippen molar-refractivity contribution in [3.8, 4) is 0 Å². The van der Waals surface area contributed by atoms with Gasteiger partial charge in [-0.3, -0.25) is 4.79 Å². The van der Waals surface area contributed by atoms with Gasteiger partial charge in [0.05, 0.1) is 6.10 Å². The van der Waals surface area contributed by atoms with Crippen LogP contribution in [0.2, 0.25) is 0 Å². The van der Waals surface area contributed by atoms with Crippen LogP contribution in [-0.4, -0.2) is 10.9 Å². The molecule has 0 radical (unpaired) electrons. The summed E-state index contributed by atoms with van der Waals surface area (Å²) in [6, 6.07) is 18.8. The highest BCUT2D eigenvalue weighted by Crippen LogP contribution is 2.16. The van der Waals surface area contributed by atoms with E-state index in [0.717, 1.165) is 11.1 Å². The average molecular weight is 266 g/mol. The lowest BCUT2D eigenvalue weighted by Gasteiger charge is -2.07. The molecular weight excluding hydrogens is 248 g/mol. The highest BCUT2D eigenvalue weighted by Gasteiger charge is 2.04. The molecule has 2 aromatic rings. The van der Waals surface area contributed by atoms with Crippen molar-refractivity contribution in [1.82, 2.24) is 0 Å². The highest BCUT2D eigenvalue weighted by molar-refractivity contribution is 5.96. The predicted molar refractivity (Wildman–Crippen MR) is 80.5 cm³/mol. The van der Waals surface area contributed by atoms with Crippen LogP contribution in [0.4, 0.5) is 0 Å². The van der Waals surface area contributed by atoms with E-state index in [1.54, 1.807) is 0 Å². The van der Waals surface area contributed by atoms with E-state index in [1.165, 1.54) is 0 Å². The Balaban J connectivity index is 1.81. The summed E-state index contributed by atoms with van der Waals surface area (Å²) in [5.41, 5.74) is 1.62. The predicted octanol–water partition coefficient (Wildman–Crippen LogP) is 3.94. The van der Waals surface area contributed by atoms with Gasteiger partial charge >= 0.3 is 0 Å². The van der Waals surface area contributed by atoms with Gasteiger partial charge in [0.1, 0.15) is 0 Å². The van der Waals surface area contributed by atoms with Gasteiger partial charge in [-0.25, -0.2) is 0 Å². The molecule has 0 spiro atoms. The smallest absolute Gasteiger partial charge is 0.166 e. The van der Waals surface area contributed by atoms with Crippen LogP contribution in [0.25, 0.3) is 0 Å². The number of aliphatic hydroxyl groups excluding tert-OH is 1. The Bertz CT molecular complexity index is 558. The molecular formula is C18H18O2. The lowest BCUT2D eigenvalue weighted by atomic mass is 10.1. The fraction of sp³-hybridized carbons (Fsp3) is 0.167. The van der Waals surface area contributed by atoms with Gasteiger partial charge in [-0.1, -0.05) is 72.8 Å². The Morgan fingerprint density at radius 2 is 1.55 bits per heavy atom. The van der Waals surface area contributed by atoms with Crippen LogP contribution in [0.3, 0.4) is 0 Å². The minimum absolute atomic E-state index is 0.0936. The summed E-state index contributed by atoms with van der Waals surface area (Å²) >= 11 is 0. The lowest BCUT2D eigenvalue weighted by Crippen LogP contribution is -1.97. The van der Waals surface area contributed by atoms with Crippen molar-refractivity contribution in [3.63, 3.8) is 0 Å². The van der Waals surface area contributed by atoms with E-state index in [9.17, 15) is 9.90 Å². The second-order valence-electron chi connectivity index (χ2n) is 4.63. The zero-order chi connectivity index (χ0) is 14.2. The fourth-order valence-corrected chi connectivity index (χ4v) is 1.97. The van der Waals surface area contributed by atoms with E-state index in [-0.39, 0.29) is 5.78 Å². The molecule has 102 valence electrons. The number of ketones is 1. The molecule has 0 heterocycles. The SMILES string of the molecule is O=C(C/C=C/CC(O)c1ccccc1)c1ccccc1. The molecule has 2 rings (SSSR count). The number of hydrogen-bond donors (Lipinski definition) is 1. The summed E-state index contributed by atoms with van der Waals surface area (Å²) in [5.74, 6) is 0.0936. The summed E-state index contributed by atoms with van der Waals surface area (Å²) in [7, 11) is 0. The quantitative estimate of drug-likeness (QED) is 0.635. The maximum Gasteiger partial charge on any atom is 0.166 e. The van der Waals surface area contributed by atoms with E-state index in [2.05, 4.69) is 0 Å². The van der Waals surface area contributed by atoms with E-state index in [0.29, 0.717) is 12.8 Å². The number of aliphatic hydroxyl groups is 1. The van der Waals surface area contributed by atoms with Gasteiger partial charge in [0, 0.05) is 12.0 Å². The zero-order valence-corrected chi connectivity index (χ0v) is 11.3. The molecule has 2 heteroatoms. The number of carbonyl (C=O) groups excluding carboxylic acids is 1. The van der Waals surface area contributed by atoms with Crippen LogP contribution in [0.1, 0.15) is 34.9 Å². The molecule has 2 nitrogen and oxygen atoms in total. The third-order valence-corrected chi connectivity index (χ3v) is 3.11. The number of hydrogen-bond acceptors (Lipinski definition) is 2.